The standard InChI is InChI=1S/C10H10O3S/c1-13-9-4-8(12)10-6(2-3-14-10)7(9)5-11/h2-4,11-12H,5H2,1H3. The molecule has 1 aromatic heterocycles. The highest BCUT2D eigenvalue weighted by Gasteiger charge is 2.12. The fraction of sp³-hybridized carbons (Fsp3) is 0.200. The molecular formula is C10H10O3S. The van der Waals surface area contributed by atoms with Crippen LogP contribution in [-0.2, 0) is 6.61 Å². The molecule has 0 unspecified atom stereocenters. The summed E-state index contributed by atoms with van der Waals surface area (Å²) in [6, 6.07) is 3.40. The first-order chi connectivity index (χ1) is 6.77. The molecule has 0 aliphatic carbocycles. The van der Waals surface area contributed by atoms with Crippen LogP contribution in [0, 0.1) is 0 Å². The number of ether oxygens (including phenoxy) is 1. The lowest BCUT2D eigenvalue weighted by Gasteiger charge is -2.08. The van der Waals surface area contributed by atoms with Crippen molar-refractivity contribution in [2.24, 2.45) is 0 Å². The second-order valence-corrected chi connectivity index (χ2v) is 3.81. The Morgan fingerprint density at radius 3 is 2.93 bits per heavy atom. The van der Waals surface area contributed by atoms with E-state index in [9.17, 15) is 10.2 Å². The van der Waals surface area contributed by atoms with Crippen molar-refractivity contribution >= 4 is 21.4 Å². The predicted molar refractivity (Wildman–Crippen MR) is 56.0 cm³/mol. The molecule has 0 saturated heterocycles. The van der Waals surface area contributed by atoms with Crippen molar-refractivity contribution in [3.8, 4) is 11.5 Å². The maximum Gasteiger partial charge on any atom is 0.137 e. The van der Waals surface area contributed by atoms with Crippen molar-refractivity contribution in [2.45, 2.75) is 6.61 Å². The van der Waals surface area contributed by atoms with Crippen molar-refractivity contribution < 1.29 is 14.9 Å². The van der Waals surface area contributed by atoms with Crippen LogP contribution in [0.5, 0.6) is 11.5 Å². The van der Waals surface area contributed by atoms with E-state index in [0.29, 0.717) is 5.75 Å². The molecule has 0 aliphatic rings. The van der Waals surface area contributed by atoms with E-state index >= 15 is 0 Å². The van der Waals surface area contributed by atoms with Crippen molar-refractivity contribution in [1.82, 2.24) is 0 Å². The molecule has 1 heterocycles. The highest BCUT2D eigenvalue weighted by molar-refractivity contribution is 7.17. The first-order valence-corrected chi connectivity index (χ1v) is 5.02. The van der Waals surface area contributed by atoms with E-state index in [2.05, 4.69) is 0 Å². The number of aliphatic hydroxyl groups excluding tert-OH is 1. The Kier molecular flexibility index (Phi) is 2.31. The van der Waals surface area contributed by atoms with Gasteiger partial charge in [0.1, 0.15) is 11.5 Å². The van der Waals surface area contributed by atoms with Crippen LogP contribution in [-0.4, -0.2) is 17.3 Å². The molecule has 2 rings (SSSR count). The highest BCUT2D eigenvalue weighted by atomic mass is 32.1. The minimum absolute atomic E-state index is 0.0866. The van der Waals surface area contributed by atoms with Gasteiger partial charge in [0.15, 0.2) is 0 Å². The Labute approximate surface area is 85.2 Å². The Hall–Kier alpha value is -1.26. The monoisotopic (exact) mass is 210 g/mol. The summed E-state index contributed by atoms with van der Waals surface area (Å²) in [7, 11) is 1.52. The van der Waals surface area contributed by atoms with Gasteiger partial charge in [0, 0.05) is 17.0 Å². The van der Waals surface area contributed by atoms with Gasteiger partial charge in [-0.15, -0.1) is 11.3 Å². The summed E-state index contributed by atoms with van der Waals surface area (Å²) in [5.41, 5.74) is 0.724. The summed E-state index contributed by atoms with van der Waals surface area (Å²) in [5, 5.41) is 21.6. The maximum absolute atomic E-state index is 9.64. The summed E-state index contributed by atoms with van der Waals surface area (Å²) < 4.78 is 5.87. The molecule has 0 aliphatic heterocycles. The third-order valence-corrected chi connectivity index (χ3v) is 3.10. The molecule has 3 nitrogen and oxygen atoms in total. The average molecular weight is 210 g/mol. The van der Waals surface area contributed by atoms with Crippen molar-refractivity contribution in [3.05, 3.63) is 23.1 Å². The number of fused-ring (bicyclic) bond motifs is 1. The zero-order valence-corrected chi connectivity index (χ0v) is 8.47. The molecule has 0 atom stereocenters. The molecule has 0 bridgehead atoms. The first kappa shape index (κ1) is 9.30. The predicted octanol–water partition coefficient (Wildman–Crippen LogP) is 2.11. The zero-order chi connectivity index (χ0) is 10.1. The van der Waals surface area contributed by atoms with Gasteiger partial charge in [0.2, 0.25) is 0 Å². The Morgan fingerprint density at radius 1 is 1.50 bits per heavy atom. The van der Waals surface area contributed by atoms with Crippen LogP contribution < -0.4 is 4.74 Å². The molecule has 2 N–H and O–H groups in total. The number of rotatable bonds is 2. The second-order valence-electron chi connectivity index (χ2n) is 2.90. The number of benzene rings is 1. The number of hydrogen-bond donors (Lipinski definition) is 2. The zero-order valence-electron chi connectivity index (χ0n) is 7.65. The molecule has 0 radical (unpaired) electrons. The van der Waals surface area contributed by atoms with Gasteiger partial charge in [-0.1, -0.05) is 0 Å². The molecule has 74 valence electrons. The van der Waals surface area contributed by atoms with Crippen LogP contribution in [0.4, 0.5) is 0 Å². The minimum atomic E-state index is -0.0866. The highest BCUT2D eigenvalue weighted by Crippen LogP contribution is 2.38. The van der Waals surface area contributed by atoms with Gasteiger partial charge in [-0.25, -0.2) is 0 Å². The van der Waals surface area contributed by atoms with E-state index < -0.39 is 0 Å². The van der Waals surface area contributed by atoms with Crippen LogP contribution in [0.1, 0.15) is 5.56 Å². The summed E-state index contributed by atoms with van der Waals surface area (Å²) in [5.74, 6) is 0.722. The number of thiophene rings is 1. The van der Waals surface area contributed by atoms with Gasteiger partial charge in [-0.3, -0.25) is 0 Å². The second kappa shape index (κ2) is 3.48. The fourth-order valence-corrected chi connectivity index (χ4v) is 2.34. The average Bonchev–Trinajstić information content (AvgIpc) is 2.66. The molecule has 0 amide bonds. The molecule has 4 heteroatoms. The Morgan fingerprint density at radius 2 is 2.29 bits per heavy atom. The fourth-order valence-electron chi connectivity index (χ4n) is 1.50. The summed E-state index contributed by atoms with van der Waals surface area (Å²) in [4.78, 5) is 0. The lowest BCUT2D eigenvalue weighted by Crippen LogP contribution is -1.92. The van der Waals surface area contributed by atoms with Gasteiger partial charge in [0.05, 0.1) is 18.4 Å². The van der Waals surface area contributed by atoms with E-state index in [0.717, 1.165) is 15.6 Å². The summed E-state index contributed by atoms with van der Waals surface area (Å²) in [6.45, 7) is -0.0866. The normalized spacial score (nSPS) is 10.7. The number of methoxy groups -OCH3 is 1. The van der Waals surface area contributed by atoms with E-state index in [4.69, 9.17) is 4.74 Å². The number of aliphatic hydroxyl groups is 1. The van der Waals surface area contributed by atoms with Crippen LogP contribution in [0.3, 0.4) is 0 Å². The smallest absolute Gasteiger partial charge is 0.137 e. The van der Waals surface area contributed by atoms with Crippen molar-refractivity contribution in [3.63, 3.8) is 0 Å². The molecule has 0 spiro atoms. The summed E-state index contributed by atoms with van der Waals surface area (Å²) in [6.07, 6.45) is 0. The van der Waals surface area contributed by atoms with Gasteiger partial charge >= 0.3 is 0 Å². The topological polar surface area (TPSA) is 49.7 Å². The largest absolute Gasteiger partial charge is 0.506 e. The maximum atomic E-state index is 9.64. The van der Waals surface area contributed by atoms with E-state index in [1.165, 1.54) is 24.5 Å². The van der Waals surface area contributed by atoms with Gasteiger partial charge in [0.25, 0.3) is 0 Å². The van der Waals surface area contributed by atoms with Crippen LogP contribution in [0.15, 0.2) is 17.5 Å². The van der Waals surface area contributed by atoms with Crippen LogP contribution in [0.25, 0.3) is 10.1 Å². The van der Waals surface area contributed by atoms with E-state index in [1.54, 1.807) is 0 Å². The number of phenols is 1. The Balaban J connectivity index is 2.82. The van der Waals surface area contributed by atoms with Gasteiger partial charge in [-0.05, 0) is 11.4 Å². The van der Waals surface area contributed by atoms with Gasteiger partial charge < -0.3 is 14.9 Å². The van der Waals surface area contributed by atoms with E-state index in [1.807, 2.05) is 11.4 Å². The molecule has 14 heavy (non-hydrogen) atoms. The van der Waals surface area contributed by atoms with Crippen LogP contribution >= 0.6 is 11.3 Å². The third kappa shape index (κ3) is 1.23. The lowest BCUT2D eigenvalue weighted by molar-refractivity contribution is 0.275. The summed E-state index contributed by atoms with van der Waals surface area (Å²) >= 11 is 1.45. The van der Waals surface area contributed by atoms with Gasteiger partial charge in [-0.2, -0.15) is 0 Å². The SMILES string of the molecule is COc1cc(O)c2sccc2c1CO. The van der Waals surface area contributed by atoms with Crippen LogP contribution in [0.2, 0.25) is 0 Å². The lowest BCUT2D eigenvalue weighted by atomic mass is 10.1. The number of phenolic OH excluding ortho intramolecular Hbond substituents is 1. The minimum Gasteiger partial charge on any atom is -0.506 e. The third-order valence-electron chi connectivity index (χ3n) is 2.17. The number of hydrogen-bond acceptors (Lipinski definition) is 4. The molecule has 1 aromatic carbocycles. The van der Waals surface area contributed by atoms with Crippen molar-refractivity contribution in [2.75, 3.05) is 7.11 Å². The molecule has 2 aromatic rings. The van der Waals surface area contributed by atoms with E-state index in [-0.39, 0.29) is 12.4 Å². The number of aromatic hydroxyl groups is 1. The molecule has 0 fully saturated rings. The molecule has 0 saturated carbocycles. The molecular weight excluding hydrogens is 200 g/mol. The quantitative estimate of drug-likeness (QED) is 0.798. The van der Waals surface area contributed by atoms with Crippen molar-refractivity contribution in [1.29, 1.82) is 0 Å². The Bertz CT molecular complexity index is 462. The first-order valence-electron chi connectivity index (χ1n) is 4.14.